The van der Waals surface area contributed by atoms with Crippen LogP contribution in [0, 0.1) is 23.7 Å². The Hall–Kier alpha value is -3.30. The standard InChI is InChI=1S/C61H115N3O12/c1-10-14-18-22-26-30-34-38-48(5)57(66)73-52(54(56(65)64-45-44-63-43-42-62)75-59(68)50(7)40-36-32-28-24-20-16-12-3)53(74-58(67)49(6)39-35-31-27-23-19-15-11-2)55(61(70)72-47-46-71-9)76-60(69)51(8)41-37-33-29-25-21-17-13-4/h48-55,63H,10-47,62H2,1-9H3,(H,64,65). The summed E-state index contributed by atoms with van der Waals surface area (Å²) in [5, 5.41) is 5.94. The molecule has 15 heteroatoms. The van der Waals surface area contributed by atoms with E-state index >= 15 is 0 Å². The van der Waals surface area contributed by atoms with Gasteiger partial charge in [0.25, 0.3) is 5.91 Å². The summed E-state index contributed by atoms with van der Waals surface area (Å²) in [4.78, 5) is 87.1. The van der Waals surface area contributed by atoms with E-state index in [0.29, 0.717) is 45.3 Å². The lowest BCUT2D eigenvalue weighted by atomic mass is 9.97. The number of methoxy groups -OCH3 is 1. The van der Waals surface area contributed by atoms with E-state index in [0.717, 1.165) is 154 Å². The zero-order valence-corrected chi connectivity index (χ0v) is 50.0. The van der Waals surface area contributed by atoms with Gasteiger partial charge in [-0.05, 0) is 25.7 Å². The second-order valence-electron chi connectivity index (χ2n) is 21.8. The second-order valence-corrected chi connectivity index (χ2v) is 21.8. The van der Waals surface area contributed by atoms with Gasteiger partial charge >= 0.3 is 29.8 Å². The van der Waals surface area contributed by atoms with Crippen molar-refractivity contribution in [2.45, 2.75) is 285 Å². The first kappa shape index (κ1) is 72.7. The molecule has 0 saturated carbocycles. The lowest BCUT2D eigenvalue weighted by Crippen LogP contribution is -2.59. The Bertz CT molecular complexity index is 1470. The summed E-state index contributed by atoms with van der Waals surface area (Å²) < 4.78 is 35.9. The SMILES string of the molecule is CCCCCCCCCC(C)C(=O)OC(C(=O)NCCNCCN)C(OC(=O)C(C)CCCCCCCCC)C(OC(=O)C(C)CCCCCCCCC)C(OC(=O)C(C)CCCCCCCCC)C(=O)OCCOC. The lowest BCUT2D eigenvalue weighted by molar-refractivity contribution is -0.211. The normalized spacial score (nSPS) is 14.6. The highest BCUT2D eigenvalue weighted by Crippen LogP contribution is 2.28. The van der Waals surface area contributed by atoms with Crippen LogP contribution < -0.4 is 16.4 Å². The van der Waals surface area contributed by atoms with Crippen molar-refractivity contribution in [2.24, 2.45) is 29.4 Å². The molecular weight excluding hydrogens is 967 g/mol. The maximum absolute atomic E-state index is 14.8. The summed E-state index contributed by atoms with van der Waals surface area (Å²) >= 11 is 0. The molecule has 15 nitrogen and oxygen atoms in total. The maximum atomic E-state index is 14.8. The fraction of sp³-hybridized carbons (Fsp3) is 0.902. The van der Waals surface area contributed by atoms with E-state index in [1.165, 1.54) is 32.8 Å². The van der Waals surface area contributed by atoms with Crippen molar-refractivity contribution in [3.8, 4) is 0 Å². The predicted molar refractivity (Wildman–Crippen MR) is 304 cm³/mol. The molecular formula is C61H115N3O12. The molecule has 0 spiro atoms. The van der Waals surface area contributed by atoms with Gasteiger partial charge in [-0.1, -0.05) is 235 Å². The molecule has 8 unspecified atom stereocenters. The molecule has 0 aliphatic carbocycles. The largest absolute Gasteiger partial charge is 0.460 e. The van der Waals surface area contributed by atoms with Crippen LogP contribution >= 0.6 is 0 Å². The lowest BCUT2D eigenvalue weighted by Gasteiger charge is -2.36. The van der Waals surface area contributed by atoms with Gasteiger partial charge in [0.1, 0.15) is 6.61 Å². The van der Waals surface area contributed by atoms with Crippen molar-refractivity contribution in [3.05, 3.63) is 0 Å². The molecule has 0 heterocycles. The van der Waals surface area contributed by atoms with Gasteiger partial charge in [-0.15, -0.1) is 0 Å². The molecule has 0 rings (SSSR count). The zero-order chi connectivity index (χ0) is 56.6. The van der Waals surface area contributed by atoms with Gasteiger partial charge in [-0.2, -0.15) is 0 Å². The van der Waals surface area contributed by atoms with Crippen molar-refractivity contribution in [2.75, 3.05) is 46.5 Å². The number of nitrogens with two attached hydrogens (primary N) is 1. The summed E-state index contributed by atoms with van der Waals surface area (Å²) in [6, 6.07) is 0. The van der Waals surface area contributed by atoms with Crippen LogP contribution in [0.5, 0.6) is 0 Å². The summed E-state index contributed by atoms with van der Waals surface area (Å²) in [5.41, 5.74) is 5.71. The van der Waals surface area contributed by atoms with E-state index in [-0.39, 0.29) is 19.8 Å². The van der Waals surface area contributed by atoms with Crippen molar-refractivity contribution in [3.63, 3.8) is 0 Å². The molecule has 0 aromatic rings. The van der Waals surface area contributed by atoms with Crippen molar-refractivity contribution >= 4 is 35.8 Å². The smallest absolute Gasteiger partial charge is 0.351 e. The number of hydrogen-bond donors (Lipinski definition) is 3. The minimum absolute atomic E-state index is 0.00695. The topological polar surface area (TPSA) is 208 Å². The molecule has 76 heavy (non-hydrogen) atoms. The van der Waals surface area contributed by atoms with E-state index in [1.807, 2.05) is 0 Å². The number of hydrogen-bond acceptors (Lipinski definition) is 14. The number of unbranched alkanes of at least 4 members (excludes halogenated alkanes) is 24. The van der Waals surface area contributed by atoms with Crippen LogP contribution in [0.25, 0.3) is 0 Å². The van der Waals surface area contributed by atoms with Crippen LogP contribution in [-0.4, -0.2) is 107 Å². The van der Waals surface area contributed by atoms with E-state index in [4.69, 9.17) is 34.2 Å². The second kappa shape index (κ2) is 50.0. The first-order valence-corrected chi connectivity index (χ1v) is 30.9. The first-order valence-electron chi connectivity index (χ1n) is 30.9. The summed E-state index contributed by atoms with van der Waals surface area (Å²) in [5.74, 6) is -7.77. The predicted octanol–water partition coefficient (Wildman–Crippen LogP) is 12.6. The molecule has 1 amide bonds. The number of carbonyl (C=O) groups excluding carboxylic acids is 6. The monoisotopic (exact) mass is 1080 g/mol. The van der Waals surface area contributed by atoms with Crippen molar-refractivity contribution in [1.82, 2.24) is 10.6 Å². The van der Waals surface area contributed by atoms with Crippen LogP contribution in [0.2, 0.25) is 0 Å². The van der Waals surface area contributed by atoms with Gasteiger partial charge in [0.05, 0.1) is 30.3 Å². The minimum atomic E-state index is -2.04. The van der Waals surface area contributed by atoms with Crippen molar-refractivity contribution in [1.29, 1.82) is 0 Å². The number of rotatable bonds is 53. The molecule has 8 atom stereocenters. The van der Waals surface area contributed by atoms with E-state index in [1.54, 1.807) is 27.7 Å². The minimum Gasteiger partial charge on any atom is -0.460 e. The van der Waals surface area contributed by atoms with Gasteiger partial charge in [-0.25, -0.2) is 4.79 Å². The maximum Gasteiger partial charge on any atom is 0.351 e. The summed E-state index contributed by atoms with van der Waals surface area (Å²) in [6.45, 7) is 16.5. The van der Waals surface area contributed by atoms with Crippen LogP contribution in [0.3, 0.4) is 0 Å². The van der Waals surface area contributed by atoms with Crippen LogP contribution in [-0.2, 0) is 57.2 Å². The third-order valence-corrected chi connectivity index (χ3v) is 14.4. The number of ether oxygens (including phenoxy) is 6. The molecule has 446 valence electrons. The third kappa shape index (κ3) is 36.7. The number of nitrogens with one attached hydrogen (secondary N) is 2. The van der Waals surface area contributed by atoms with E-state index < -0.39 is 83.8 Å². The highest BCUT2D eigenvalue weighted by molar-refractivity contribution is 5.87. The zero-order valence-electron chi connectivity index (χ0n) is 50.0. The fourth-order valence-electron chi connectivity index (χ4n) is 9.12. The third-order valence-electron chi connectivity index (χ3n) is 14.4. The number of amides is 1. The fourth-order valence-corrected chi connectivity index (χ4v) is 9.12. The van der Waals surface area contributed by atoms with Gasteiger partial charge in [0, 0.05) is 33.3 Å². The van der Waals surface area contributed by atoms with Gasteiger partial charge in [-0.3, -0.25) is 24.0 Å². The van der Waals surface area contributed by atoms with Gasteiger partial charge in [0.15, 0.2) is 12.2 Å². The Morgan fingerprint density at radius 3 is 1.04 bits per heavy atom. The molecule has 0 bridgehead atoms. The molecule has 4 N–H and O–H groups in total. The Morgan fingerprint density at radius 2 is 0.697 bits per heavy atom. The quantitative estimate of drug-likeness (QED) is 0.0294. The van der Waals surface area contributed by atoms with Crippen LogP contribution in [0.15, 0.2) is 0 Å². The van der Waals surface area contributed by atoms with Gasteiger partial charge < -0.3 is 44.8 Å². The van der Waals surface area contributed by atoms with E-state index in [9.17, 15) is 28.8 Å². The summed E-state index contributed by atoms with van der Waals surface area (Å²) in [6.07, 6.45) is 22.8. The highest BCUT2D eigenvalue weighted by atomic mass is 16.6. The molecule has 0 aromatic carbocycles. The Kier molecular flexibility index (Phi) is 47.8. The molecule has 0 radical (unpaired) electrons. The van der Waals surface area contributed by atoms with Gasteiger partial charge in [0.2, 0.25) is 12.2 Å². The molecule has 0 aliphatic rings. The Morgan fingerprint density at radius 1 is 0.382 bits per heavy atom. The number of carbonyl (C=O) groups is 6. The van der Waals surface area contributed by atoms with Crippen LogP contribution in [0.1, 0.15) is 261 Å². The molecule has 0 aliphatic heterocycles. The Balaban J connectivity index is 7.69. The first-order chi connectivity index (χ1) is 36.7. The average Bonchev–Trinajstić information content (AvgIpc) is 3.41. The van der Waals surface area contributed by atoms with Crippen molar-refractivity contribution < 1.29 is 57.2 Å². The van der Waals surface area contributed by atoms with Crippen LogP contribution in [0.4, 0.5) is 0 Å². The Labute approximate surface area is 463 Å². The average molecular weight is 1080 g/mol. The highest BCUT2D eigenvalue weighted by Gasteiger charge is 2.51. The summed E-state index contributed by atoms with van der Waals surface area (Å²) in [7, 11) is 1.44. The molecule has 0 fully saturated rings. The molecule has 0 aromatic heterocycles. The molecule has 0 saturated heterocycles. The van der Waals surface area contributed by atoms with E-state index in [2.05, 4.69) is 38.3 Å². The number of esters is 5.